The van der Waals surface area contributed by atoms with E-state index < -0.39 is 0 Å². The summed E-state index contributed by atoms with van der Waals surface area (Å²) in [6.45, 7) is 1.80. The third-order valence-electron chi connectivity index (χ3n) is 1.40. The molecule has 3 heteroatoms. The van der Waals surface area contributed by atoms with Gasteiger partial charge >= 0.3 is 0 Å². The van der Waals surface area contributed by atoms with Crippen molar-refractivity contribution in [2.45, 2.75) is 6.92 Å². The van der Waals surface area contributed by atoms with Crippen molar-refractivity contribution in [1.29, 1.82) is 0 Å². The number of amidine groups is 1. The lowest BCUT2D eigenvalue weighted by atomic mass is 10.2. The molecule has 3 N–H and O–H groups in total. The van der Waals surface area contributed by atoms with Crippen LogP contribution in [0.15, 0.2) is 30.3 Å². The van der Waals surface area contributed by atoms with Gasteiger partial charge in [0, 0.05) is 6.92 Å². The molecule has 12 heavy (non-hydrogen) atoms. The van der Waals surface area contributed by atoms with E-state index in [-0.39, 0.29) is 0 Å². The summed E-state index contributed by atoms with van der Waals surface area (Å²) in [5.41, 5.74) is 6.67. The summed E-state index contributed by atoms with van der Waals surface area (Å²) in [4.78, 5) is 3.56. The molecule has 0 aliphatic heterocycles. The molecule has 0 bridgehead atoms. The molecule has 1 aromatic rings. The monoisotopic (exact) mass is 179 g/mol. The van der Waals surface area contributed by atoms with Crippen LogP contribution in [0.4, 0.5) is 0 Å². The minimum absolute atomic E-state index is 0.600. The first kappa shape index (κ1) is 8.87. The molecule has 0 spiro atoms. The summed E-state index contributed by atoms with van der Waals surface area (Å²) < 4.78 is 0. The standard InChI is InChI=1S/C9H10N2S/c1-7(12)11-9(10)8-5-3-2-4-6-8/h2-6H,1H3,(H2,10,11,12)/p+1. The molecule has 0 amide bonds. The molecule has 0 aliphatic rings. The first-order valence-corrected chi connectivity index (χ1v) is 4.06. The Kier molecular flexibility index (Phi) is 2.94. The van der Waals surface area contributed by atoms with E-state index >= 15 is 0 Å². The zero-order chi connectivity index (χ0) is 8.97. The summed E-state index contributed by atoms with van der Waals surface area (Å²) in [7, 11) is 0. The van der Waals surface area contributed by atoms with Crippen LogP contribution in [0.25, 0.3) is 0 Å². The number of hydrogen-bond donors (Lipinski definition) is 2. The van der Waals surface area contributed by atoms with Crippen LogP contribution in [0.5, 0.6) is 0 Å². The topological polar surface area (TPSA) is 40.0 Å². The van der Waals surface area contributed by atoms with Gasteiger partial charge in [-0.2, -0.15) is 0 Å². The Bertz CT molecular complexity index is 304. The lowest BCUT2D eigenvalue weighted by Gasteiger charge is -1.92. The van der Waals surface area contributed by atoms with E-state index in [9.17, 15) is 0 Å². The maximum Gasteiger partial charge on any atom is 0.278 e. The predicted molar refractivity (Wildman–Crippen MR) is 54.0 cm³/mol. The molecular formula is C9H11N2S+. The maximum absolute atomic E-state index is 5.71. The molecule has 1 rings (SSSR count). The zero-order valence-corrected chi connectivity index (χ0v) is 7.69. The van der Waals surface area contributed by atoms with Gasteiger partial charge in [0.25, 0.3) is 5.84 Å². The highest BCUT2D eigenvalue weighted by Crippen LogP contribution is 1.93. The molecule has 0 saturated carbocycles. The van der Waals surface area contributed by atoms with Gasteiger partial charge in [-0.15, -0.1) is 0 Å². The van der Waals surface area contributed by atoms with E-state index in [2.05, 4.69) is 4.99 Å². The van der Waals surface area contributed by atoms with Crippen LogP contribution in [-0.2, 0) is 0 Å². The number of nitrogens with two attached hydrogens (primary N) is 1. The van der Waals surface area contributed by atoms with Gasteiger partial charge in [0.15, 0.2) is 4.99 Å². The Balaban J connectivity index is 2.93. The van der Waals surface area contributed by atoms with E-state index in [0.717, 1.165) is 5.56 Å². The summed E-state index contributed by atoms with van der Waals surface area (Å²) in [6, 6.07) is 9.67. The van der Waals surface area contributed by atoms with E-state index in [4.69, 9.17) is 18.0 Å². The summed E-state index contributed by atoms with van der Waals surface area (Å²) in [5, 5.41) is 0. The van der Waals surface area contributed by atoms with Crippen LogP contribution >= 0.6 is 12.2 Å². The van der Waals surface area contributed by atoms with Gasteiger partial charge in [0.1, 0.15) is 0 Å². The molecule has 0 fully saturated rings. The number of hydrogen-bond acceptors (Lipinski definition) is 1. The molecule has 0 heterocycles. The van der Waals surface area contributed by atoms with Crippen LogP contribution in [0.1, 0.15) is 12.5 Å². The molecule has 0 atom stereocenters. The van der Waals surface area contributed by atoms with Gasteiger partial charge in [-0.25, -0.2) is 4.99 Å². The fourth-order valence-corrected chi connectivity index (χ4v) is 0.989. The third kappa shape index (κ3) is 2.43. The Morgan fingerprint density at radius 2 is 1.92 bits per heavy atom. The smallest absolute Gasteiger partial charge is 0.278 e. The molecule has 0 saturated heterocycles. The van der Waals surface area contributed by atoms with Crippen molar-refractivity contribution in [2.75, 3.05) is 0 Å². The van der Waals surface area contributed by atoms with E-state index in [1.165, 1.54) is 0 Å². The second kappa shape index (κ2) is 3.97. The summed E-state index contributed by atoms with van der Waals surface area (Å²) in [6.07, 6.45) is 0. The molecular weight excluding hydrogens is 168 g/mol. The number of nitrogen functional groups attached to an aromatic ring is 1. The summed E-state index contributed by atoms with van der Waals surface area (Å²) in [5.74, 6) is 0.600. The third-order valence-corrected chi connectivity index (χ3v) is 1.50. The largest absolute Gasteiger partial charge is 0.287 e. The van der Waals surface area contributed by atoms with E-state index in [1.807, 2.05) is 30.3 Å². The highest BCUT2D eigenvalue weighted by Gasteiger charge is 2.01. The quantitative estimate of drug-likeness (QED) is 0.357. The number of thiocarbonyl (C=S) groups is 1. The lowest BCUT2D eigenvalue weighted by Crippen LogP contribution is -2.78. The molecule has 0 radical (unpaired) electrons. The Hall–Kier alpha value is -1.22. The van der Waals surface area contributed by atoms with Gasteiger partial charge in [-0.05, 0) is 24.4 Å². The fourth-order valence-electron chi connectivity index (χ4n) is 0.880. The molecule has 62 valence electrons. The van der Waals surface area contributed by atoms with E-state index in [0.29, 0.717) is 10.8 Å². The fraction of sp³-hybridized carbons (Fsp3) is 0.111. The van der Waals surface area contributed by atoms with Crippen molar-refractivity contribution >= 4 is 23.0 Å². The van der Waals surface area contributed by atoms with Gasteiger partial charge in [-0.3, -0.25) is 5.73 Å². The van der Waals surface area contributed by atoms with Crippen molar-refractivity contribution in [1.82, 2.24) is 0 Å². The van der Waals surface area contributed by atoms with Crippen molar-refractivity contribution < 1.29 is 4.99 Å². The Morgan fingerprint density at radius 1 is 1.33 bits per heavy atom. The number of nitrogens with one attached hydrogen (secondary N) is 1. The molecule has 2 nitrogen and oxygen atoms in total. The Morgan fingerprint density at radius 3 is 2.42 bits per heavy atom. The normalized spacial score (nSPS) is 11.2. The van der Waals surface area contributed by atoms with Crippen molar-refractivity contribution in [3.63, 3.8) is 0 Å². The maximum atomic E-state index is 5.71. The van der Waals surface area contributed by atoms with Crippen LogP contribution in [0.2, 0.25) is 0 Å². The van der Waals surface area contributed by atoms with E-state index in [1.54, 1.807) is 6.92 Å². The van der Waals surface area contributed by atoms with Gasteiger partial charge < -0.3 is 0 Å². The first-order chi connectivity index (χ1) is 5.70. The minimum Gasteiger partial charge on any atom is -0.287 e. The summed E-state index contributed by atoms with van der Waals surface area (Å²) >= 11 is 4.86. The van der Waals surface area contributed by atoms with Crippen molar-refractivity contribution in [3.8, 4) is 0 Å². The average molecular weight is 179 g/mol. The zero-order valence-electron chi connectivity index (χ0n) is 6.87. The van der Waals surface area contributed by atoms with Crippen LogP contribution in [-0.4, -0.2) is 10.8 Å². The molecule has 0 aromatic heterocycles. The highest BCUT2D eigenvalue weighted by atomic mass is 32.1. The van der Waals surface area contributed by atoms with Gasteiger partial charge in [-0.1, -0.05) is 18.2 Å². The van der Waals surface area contributed by atoms with Gasteiger partial charge in [0.05, 0.1) is 5.56 Å². The second-order valence-corrected chi connectivity index (χ2v) is 3.07. The average Bonchev–Trinajstić information content (AvgIpc) is 2.05. The molecule has 1 aromatic carbocycles. The van der Waals surface area contributed by atoms with Crippen molar-refractivity contribution in [2.24, 2.45) is 5.73 Å². The predicted octanol–water partition coefficient (Wildman–Crippen LogP) is -0.180. The number of rotatable bonds is 1. The number of benzene rings is 1. The Labute approximate surface area is 77.1 Å². The minimum atomic E-state index is 0.600. The lowest BCUT2D eigenvalue weighted by molar-refractivity contribution is -0.311. The van der Waals surface area contributed by atoms with Crippen molar-refractivity contribution in [3.05, 3.63) is 35.9 Å². The first-order valence-electron chi connectivity index (χ1n) is 3.65. The van der Waals surface area contributed by atoms with Crippen LogP contribution in [0.3, 0.4) is 0 Å². The molecule has 0 aliphatic carbocycles. The highest BCUT2D eigenvalue weighted by molar-refractivity contribution is 7.79. The van der Waals surface area contributed by atoms with Gasteiger partial charge in [0.2, 0.25) is 0 Å². The van der Waals surface area contributed by atoms with Crippen LogP contribution in [0, 0.1) is 0 Å². The van der Waals surface area contributed by atoms with Crippen LogP contribution < -0.4 is 10.7 Å². The molecule has 0 unspecified atom stereocenters. The second-order valence-electron chi connectivity index (χ2n) is 2.46. The SMILES string of the molecule is CC(=S)[NH+]=C(N)c1ccccc1.